The molecule has 7 heteroatoms. The molecule has 1 atom stereocenters. The minimum atomic E-state index is -1.53. The summed E-state index contributed by atoms with van der Waals surface area (Å²) in [5.41, 5.74) is 5.89. The molecule has 2 aliphatic rings. The van der Waals surface area contributed by atoms with Crippen molar-refractivity contribution in [2.24, 2.45) is 0 Å². The number of hydrogen-bond acceptors (Lipinski definition) is 2. The third kappa shape index (κ3) is 5.23. The molecule has 0 N–H and O–H groups in total. The molecule has 6 rings (SSSR count). The van der Waals surface area contributed by atoms with Crippen LogP contribution in [0.15, 0.2) is 79.3 Å². The van der Waals surface area contributed by atoms with E-state index in [1.54, 1.807) is 12.3 Å². The number of fused-ring (bicyclic) bond motifs is 3. The van der Waals surface area contributed by atoms with Crippen LogP contribution in [0.3, 0.4) is 0 Å². The van der Waals surface area contributed by atoms with E-state index in [1.165, 1.54) is 11.1 Å². The number of aryl methyl sites for hydroxylation is 1. The van der Waals surface area contributed by atoms with Crippen LogP contribution >= 0.6 is 0 Å². The number of hydrogen-bond donors (Lipinski definition) is 0. The van der Waals surface area contributed by atoms with E-state index in [0.29, 0.717) is 5.69 Å². The van der Waals surface area contributed by atoms with Crippen LogP contribution in [0.2, 0.25) is 0 Å². The Hall–Kier alpha value is -3.41. The van der Waals surface area contributed by atoms with Gasteiger partial charge in [0, 0.05) is 18.3 Å². The molecule has 0 amide bonds. The molecule has 4 aromatic rings. The summed E-state index contributed by atoms with van der Waals surface area (Å²) in [6, 6.07) is 23.9. The molecule has 36 heavy (non-hydrogen) atoms. The number of rotatable bonds is 2. The van der Waals surface area contributed by atoms with Gasteiger partial charge in [-0.1, -0.05) is 42.8 Å². The number of aromatic nitrogens is 1. The van der Waals surface area contributed by atoms with Crippen molar-refractivity contribution in [3.63, 3.8) is 0 Å². The van der Waals surface area contributed by atoms with Crippen molar-refractivity contribution in [2.75, 3.05) is 6.54 Å². The van der Waals surface area contributed by atoms with Gasteiger partial charge in [-0.2, -0.15) is 41.6 Å². The molecule has 0 bridgehead atoms. The Morgan fingerprint density at radius 3 is 2.61 bits per heavy atom. The van der Waals surface area contributed by atoms with E-state index in [1.807, 2.05) is 49.5 Å². The topological polar surface area (TPSA) is 30.2 Å². The number of pyridine rings is 1. The van der Waals surface area contributed by atoms with Crippen LogP contribution in [0, 0.1) is 36.5 Å². The fourth-order valence-corrected chi connectivity index (χ4v) is 4.27. The van der Waals surface area contributed by atoms with E-state index in [9.17, 15) is 13.2 Å². The van der Waals surface area contributed by atoms with Crippen molar-refractivity contribution in [3.8, 4) is 22.4 Å². The maximum absolute atomic E-state index is 13.3. The fourth-order valence-electron chi connectivity index (χ4n) is 4.27. The Bertz CT molecular complexity index is 1370. The monoisotopic (exact) mass is 661 g/mol. The van der Waals surface area contributed by atoms with Gasteiger partial charge in [-0.25, -0.2) is 8.78 Å². The summed E-state index contributed by atoms with van der Waals surface area (Å²) in [6.45, 7) is 2.96. The van der Waals surface area contributed by atoms with Gasteiger partial charge in [0.2, 0.25) is 0 Å². The van der Waals surface area contributed by atoms with Crippen LogP contribution in [0.25, 0.3) is 27.7 Å². The predicted molar refractivity (Wildman–Crippen MR) is 129 cm³/mol. The molecule has 0 saturated heterocycles. The SMILES string of the molecule is Cc1cc(-c2[c-]c(F)c(F)c(F)c2)ncc1-c1ccccc1.[Ir+3].[c-]1cccc2c1C1[N-]C=CN1CC2. The van der Waals surface area contributed by atoms with Crippen LogP contribution in [-0.4, -0.2) is 16.4 Å². The second-order valence-corrected chi connectivity index (χ2v) is 8.33. The molecule has 3 aromatic carbocycles. The van der Waals surface area contributed by atoms with Crippen molar-refractivity contribution in [1.82, 2.24) is 9.88 Å². The first-order valence-electron chi connectivity index (χ1n) is 11.2. The van der Waals surface area contributed by atoms with Gasteiger partial charge in [-0.05, 0) is 36.1 Å². The average molecular weight is 661 g/mol. The third-order valence-electron chi connectivity index (χ3n) is 6.06. The fraction of sp³-hybridized carbons (Fsp3) is 0.138. The molecule has 0 radical (unpaired) electrons. The first kappa shape index (κ1) is 25.7. The standard InChI is InChI=1S/C18H11F3N.C11H10N2.Ir/c1-11-7-17(13-8-15(19)18(21)16(20)9-13)22-10-14(11)12-5-3-2-4-6-12;1-2-4-10-9(3-1)5-7-13-8-6-12-11(10)13;/h2-8,10H,1H3;1-3,6,8,11H,5,7H2;/q-1;-2;+3. The van der Waals surface area contributed by atoms with E-state index >= 15 is 0 Å². The Morgan fingerprint density at radius 2 is 1.86 bits per heavy atom. The van der Waals surface area contributed by atoms with Crippen LogP contribution in [0.1, 0.15) is 22.9 Å². The maximum atomic E-state index is 13.3. The van der Waals surface area contributed by atoms with E-state index in [4.69, 9.17) is 0 Å². The van der Waals surface area contributed by atoms with E-state index < -0.39 is 17.5 Å². The first-order valence-corrected chi connectivity index (χ1v) is 11.2. The summed E-state index contributed by atoms with van der Waals surface area (Å²) in [5.74, 6) is -4.12. The van der Waals surface area contributed by atoms with Crippen LogP contribution in [-0.2, 0) is 26.5 Å². The quantitative estimate of drug-likeness (QED) is 0.169. The number of halogens is 3. The maximum Gasteiger partial charge on any atom is 3.00 e. The van der Waals surface area contributed by atoms with Crippen LogP contribution in [0.4, 0.5) is 13.2 Å². The first-order chi connectivity index (χ1) is 17.0. The predicted octanol–water partition coefficient (Wildman–Crippen LogP) is 7.14. The molecule has 3 nitrogen and oxygen atoms in total. The van der Waals surface area contributed by atoms with Crippen LogP contribution < -0.4 is 0 Å². The molecule has 1 aromatic heterocycles. The normalized spacial score (nSPS) is 15.1. The van der Waals surface area contributed by atoms with Crippen molar-refractivity contribution in [3.05, 3.63) is 131 Å². The summed E-state index contributed by atoms with van der Waals surface area (Å²) in [5, 5.41) is 4.41. The molecule has 182 valence electrons. The summed E-state index contributed by atoms with van der Waals surface area (Å²) < 4.78 is 39.6. The van der Waals surface area contributed by atoms with Gasteiger partial charge in [0.05, 0.1) is 11.6 Å². The number of benzene rings is 3. The largest absolute Gasteiger partial charge is 3.00 e. The van der Waals surface area contributed by atoms with Gasteiger partial charge in [-0.3, -0.25) is 4.39 Å². The van der Waals surface area contributed by atoms with Gasteiger partial charge in [0.25, 0.3) is 0 Å². The smallest absolute Gasteiger partial charge is 0.668 e. The van der Waals surface area contributed by atoms with Gasteiger partial charge in [-0.15, -0.1) is 17.7 Å². The van der Waals surface area contributed by atoms with Crippen molar-refractivity contribution >= 4 is 0 Å². The zero-order chi connectivity index (χ0) is 24.4. The average Bonchev–Trinajstić information content (AvgIpc) is 3.37. The molecule has 0 spiro atoms. The summed E-state index contributed by atoms with van der Waals surface area (Å²) in [4.78, 5) is 6.47. The Kier molecular flexibility index (Phi) is 7.92. The zero-order valence-corrected chi connectivity index (χ0v) is 21.7. The van der Waals surface area contributed by atoms with Crippen molar-refractivity contribution < 1.29 is 33.3 Å². The third-order valence-corrected chi connectivity index (χ3v) is 6.06. The molecule has 0 saturated carbocycles. The molecular weight excluding hydrogens is 640 g/mol. The van der Waals surface area contributed by atoms with Gasteiger partial charge in [0.15, 0.2) is 0 Å². The van der Waals surface area contributed by atoms with Crippen LogP contribution in [0.5, 0.6) is 0 Å². The molecule has 0 fully saturated rings. The molecular formula is C29H21F3IrN3. The molecule has 0 aliphatic carbocycles. The second kappa shape index (κ2) is 11.1. The van der Waals surface area contributed by atoms with Gasteiger partial charge in [0.1, 0.15) is 5.82 Å². The summed E-state index contributed by atoms with van der Waals surface area (Å²) in [7, 11) is 0. The molecule has 1 unspecified atom stereocenters. The Labute approximate surface area is 222 Å². The Balaban J connectivity index is 0.000000185. The van der Waals surface area contributed by atoms with Gasteiger partial charge < -0.3 is 15.2 Å². The zero-order valence-electron chi connectivity index (χ0n) is 19.3. The second-order valence-electron chi connectivity index (χ2n) is 8.33. The van der Waals surface area contributed by atoms with E-state index in [-0.39, 0.29) is 31.8 Å². The molecule has 2 aliphatic heterocycles. The van der Waals surface area contributed by atoms with Crippen molar-refractivity contribution in [2.45, 2.75) is 19.5 Å². The minimum Gasteiger partial charge on any atom is -0.668 e. The number of nitrogens with zero attached hydrogens (tertiary/aromatic N) is 3. The summed E-state index contributed by atoms with van der Waals surface area (Å²) in [6.07, 6.45) is 6.91. The molecule has 3 heterocycles. The Morgan fingerprint density at radius 1 is 1.06 bits per heavy atom. The van der Waals surface area contributed by atoms with E-state index in [0.717, 1.165) is 35.7 Å². The minimum absolute atomic E-state index is 0. The van der Waals surface area contributed by atoms with Gasteiger partial charge >= 0.3 is 20.1 Å². The summed E-state index contributed by atoms with van der Waals surface area (Å²) >= 11 is 0. The van der Waals surface area contributed by atoms with Crippen molar-refractivity contribution in [1.29, 1.82) is 0 Å². The van der Waals surface area contributed by atoms with E-state index in [2.05, 4.69) is 45.7 Å².